The Morgan fingerprint density at radius 3 is 2.79 bits per heavy atom. The van der Waals surface area contributed by atoms with Gasteiger partial charge in [-0.3, -0.25) is 4.79 Å². The minimum atomic E-state index is -1.16. The first kappa shape index (κ1) is 11.4. The summed E-state index contributed by atoms with van der Waals surface area (Å²) in [6, 6.07) is 0. The Kier molecular flexibility index (Phi) is 3.83. The maximum atomic E-state index is 13.3. The first-order valence-electron chi connectivity index (χ1n) is 4.70. The van der Waals surface area contributed by atoms with Crippen molar-refractivity contribution >= 4 is 5.91 Å². The molecule has 82 valence electrons. The van der Waals surface area contributed by atoms with Gasteiger partial charge in [-0.05, 0) is 13.3 Å². The fourth-order valence-corrected chi connectivity index (χ4v) is 1.61. The molecule has 0 aliphatic carbocycles. The average Bonchev–Trinajstić information content (AvgIpc) is 2.16. The Morgan fingerprint density at radius 1 is 1.71 bits per heavy atom. The first-order valence-corrected chi connectivity index (χ1v) is 4.70. The number of likely N-dealkylation sites (tertiary alicyclic amines) is 1. The normalized spacial score (nSPS) is 30.1. The van der Waals surface area contributed by atoms with E-state index in [4.69, 9.17) is 9.84 Å². The Labute approximate surface area is 82.6 Å². The van der Waals surface area contributed by atoms with Crippen LogP contribution < -0.4 is 0 Å². The maximum absolute atomic E-state index is 13.3. The molecular formula is C9H16FNO3. The molecule has 0 aromatic carbocycles. The van der Waals surface area contributed by atoms with Crippen molar-refractivity contribution < 1.29 is 19.0 Å². The number of halogens is 1. The molecule has 0 spiro atoms. The predicted octanol–water partition coefficient (Wildman–Crippen LogP) is -0.0474. The molecule has 1 N–H and O–H groups in total. The number of rotatable bonds is 2. The molecule has 14 heavy (non-hydrogen) atoms. The monoisotopic (exact) mass is 205 g/mol. The number of carbonyl (C=O) groups is 1. The van der Waals surface area contributed by atoms with Crippen molar-refractivity contribution in [2.75, 3.05) is 20.2 Å². The Balaban J connectivity index is 2.50. The number of aliphatic hydroxyl groups is 1. The van der Waals surface area contributed by atoms with Crippen molar-refractivity contribution in [1.82, 2.24) is 4.90 Å². The van der Waals surface area contributed by atoms with Crippen LogP contribution in [0.3, 0.4) is 0 Å². The molecule has 1 amide bonds. The summed E-state index contributed by atoms with van der Waals surface area (Å²) in [5.41, 5.74) is 0. The summed E-state index contributed by atoms with van der Waals surface area (Å²) in [5, 5.41) is 9.04. The van der Waals surface area contributed by atoms with Gasteiger partial charge >= 0.3 is 0 Å². The van der Waals surface area contributed by atoms with Crippen LogP contribution >= 0.6 is 0 Å². The van der Waals surface area contributed by atoms with Crippen molar-refractivity contribution in [3.8, 4) is 0 Å². The van der Waals surface area contributed by atoms with E-state index >= 15 is 0 Å². The zero-order chi connectivity index (χ0) is 10.7. The van der Waals surface area contributed by atoms with Crippen molar-refractivity contribution in [1.29, 1.82) is 0 Å². The van der Waals surface area contributed by atoms with Crippen LogP contribution in [0.1, 0.15) is 13.3 Å². The van der Waals surface area contributed by atoms with Gasteiger partial charge in [0.1, 0.15) is 12.3 Å². The number of aliphatic hydroxyl groups excluding tert-OH is 1. The molecular weight excluding hydrogens is 189 g/mol. The summed E-state index contributed by atoms with van der Waals surface area (Å²) >= 11 is 0. The summed E-state index contributed by atoms with van der Waals surface area (Å²) in [7, 11) is 1.46. The Morgan fingerprint density at radius 2 is 2.36 bits per heavy atom. The number of alkyl halides is 1. The molecule has 1 rings (SSSR count). The number of carbonyl (C=O) groups excluding carboxylic acids is 1. The Hall–Kier alpha value is -0.680. The summed E-state index contributed by atoms with van der Waals surface area (Å²) in [5.74, 6) is -0.415. The average molecular weight is 205 g/mol. The quantitative estimate of drug-likeness (QED) is 0.687. The molecule has 0 aromatic heterocycles. The molecule has 1 fully saturated rings. The van der Waals surface area contributed by atoms with Gasteiger partial charge in [0.2, 0.25) is 0 Å². The molecule has 0 radical (unpaired) electrons. The molecule has 1 aliphatic rings. The number of piperidine rings is 1. The van der Waals surface area contributed by atoms with Crippen LogP contribution in [0, 0.1) is 0 Å². The Bertz CT molecular complexity index is 210. The molecule has 3 atom stereocenters. The largest absolute Gasteiger partial charge is 0.384 e. The van der Waals surface area contributed by atoms with Gasteiger partial charge in [-0.15, -0.1) is 0 Å². The van der Waals surface area contributed by atoms with Gasteiger partial charge in [-0.1, -0.05) is 0 Å². The van der Waals surface area contributed by atoms with Gasteiger partial charge in [-0.2, -0.15) is 0 Å². The van der Waals surface area contributed by atoms with Gasteiger partial charge in [0.05, 0.1) is 12.6 Å². The van der Waals surface area contributed by atoms with Crippen LogP contribution in [-0.4, -0.2) is 54.5 Å². The van der Waals surface area contributed by atoms with Gasteiger partial charge in [0.15, 0.2) is 0 Å². The highest BCUT2D eigenvalue weighted by Gasteiger charge is 2.32. The number of hydrogen-bond acceptors (Lipinski definition) is 3. The van der Waals surface area contributed by atoms with E-state index in [1.165, 1.54) is 18.9 Å². The van der Waals surface area contributed by atoms with E-state index in [2.05, 4.69) is 0 Å². The van der Waals surface area contributed by atoms with Crippen LogP contribution in [0.5, 0.6) is 0 Å². The molecule has 0 unspecified atom stereocenters. The fourth-order valence-electron chi connectivity index (χ4n) is 1.61. The van der Waals surface area contributed by atoms with E-state index < -0.39 is 24.3 Å². The van der Waals surface area contributed by atoms with E-state index in [9.17, 15) is 9.18 Å². The molecule has 1 aliphatic heterocycles. The lowest BCUT2D eigenvalue weighted by molar-refractivity contribution is -0.144. The lowest BCUT2D eigenvalue weighted by atomic mass is 10.1. The fraction of sp³-hybridized carbons (Fsp3) is 0.889. The summed E-state index contributed by atoms with van der Waals surface area (Å²) in [6.07, 6.45) is -2.15. The van der Waals surface area contributed by atoms with Crippen LogP contribution in [0.15, 0.2) is 0 Å². The third-order valence-electron chi connectivity index (χ3n) is 2.45. The number of amides is 1. The second-order valence-corrected chi connectivity index (χ2v) is 3.54. The SMILES string of the molecule is CO[C@@H]1CCN(C(=O)[C@H](C)O)C[C@H]1F. The highest BCUT2D eigenvalue weighted by atomic mass is 19.1. The highest BCUT2D eigenvalue weighted by molar-refractivity contribution is 5.80. The molecule has 1 saturated heterocycles. The summed E-state index contributed by atoms with van der Waals surface area (Å²) < 4.78 is 18.2. The van der Waals surface area contributed by atoms with Crippen molar-refractivity contribution in [2.45, 2.75) is 31.7 Å². The van der Waals surface area contributed by atoms with Gasteiger partial charge in [0, 0.05) is 13.7 Å². The van der Waals surface area contributed by atoms with E-state index in [0.717, 1.165) is 0 Å². The van der Waals surface area contributed by atoms with Crippen LogP contribution in [0.4, 0.5) is 4.39 Å². The predicted molar refractivity (Wildman–Crippen MR) is 48.6 cm³/mol. The van der Waals surface area contributed by atoms with Crippen LogP contribution in [0.2, 0.25) is 0 Å². The second kappa shape index (κ2) is 4.70. The van der Waals surface area contributed by atoms with Crippen molar-refractivity contribution in [3.63, 3.8) is 0 Å². The minimum absolute atomic E-state index is 0.0161. The lowest BCUT2D eigenvalue weighted by Crippen LogP contribution is -2.50. The van der Waals surface area contributed by atoms with E-state index in [0.29, 0.717) is 13.0 Å². The molecule has 0 bridgehead atoms. The maximum Gasteiger partial charge on any atom is 0.251 e. The number of methoxy groups -OCH3 is 1. The third kappa shape index (κ3) is 2.42. The molecule has 5 heteroatoms. The van der Waals surface area contributed by atoms with E-state index in [1.807, 2.05) is 0 Å². The first-order chi connectivity index (χ1) is 6.56. The summed E-state index contributed by atoms with van der Waals surface area (Å²) in [4.78, 5) is 12.6. The molecule has 4 nitrogen and oxygen atoms in total. The lowest BCUT2D eigenvalue weighted by Gasteiger charge is -2.34. The molecule has 0 saturated carbocycles. The smallest absolute Gasteiger partial charge is 0.251 e. The van der Waals surface area contributed by atoms with E-state index in [1.54, 1.807) is 0 Å². The van der Waals surface area contributed by atoms with E-state index in [-0.39, 0.29) is 6.54 Å². The number of hydrogen-bond donors (Lipinski definition) is 1. The van der Waals surface area contributed by atoms with Crippen LogP contribution in [-0.2, 0) is 9.53 Å². The minimum Gasteiger partial charge on any atom is -0.384 e. The zero-order valence-corrected chi connectivity index (χ0v) is 8.44. The standard InChI is InChI=1S/C9H16FNO3/c1-6(12)9(13)11-4-3-8(14-2)7(10)5-11/h6-8,12H,3-5H2,1-2H3/t6-,7+,8+/m0/s1. The second-order valence-electron chi connectivity index (χ2n) is 3.54. The number of ether oxygens (including phenoxy) is 1. The molecule has 0 aromatic rings. The van der Waals surface area contributed by atoms with Crippen molar-refractivity contribution in [3.05, 3.63) is 0 Å². The molecule has 1 heterocycles. The van der Waals surface area contributed by atoms with Gasteiger partial charge in [-0.25, -0.2) is 4.39 Å². The number of nitrogens with zero attached hydrogens (tertiary/aromatic N) is 1. The topological polar surface area (TPSA) is 49.8 Å². The highest BCUT2D eigenvalue weighted by Crippen LogP contribution is 2.17. The zero-order valence-electron chi connectivity index (χ0n) is 8.44. The van der Waals surface area contributed by atoms with Crippen LogP contribution in [0.25, 0.3) is 0 Å². The van der Waals surface area contributed by atoms with Crippen molar-refractivity contribution in [2.24, 2.45) is 0 Å². The third-order valence-corrected chi connectivity index (χ3v) is 2.45. The summed E-state index contributed by atoms with van der Waals surface area (Å²) in [6.45, 7) is 1.85. The van der Waals surface area contributed by atoms with Gasteiger partial charge < -0.3 is 14.7 Å². The van der Waals surface area contributed by atoms with Gasteiger partial charge in [0.25, 0.3) is 5.91 Å².